The van der Waals surface area contributed by atoms with Crippen LogP contribution in [0.1, 0.15) is 57.7 Å². The topological polar surface area (TPSA) is 59.8 Å². The van der Waals surface area contributed by atoms with Gasteiger partial charge in [0.1, 0.15) is 5.82 Å². The van der Waals surface area contributed by atoms with E-state index in [-0.39, 0.29) is 5.91 Å². The van der Waals surface area contributed by atoms with Gasteiger partial charge in [-0.25, -0.2) is 0 Å². The van der Waals surface area contributed by atoms with E-state index >= 15 is 0 Å². The number of carbonyl (C=O) groups is 1. The number of hydrogen-bond donors (Lipinski definition) is 1. The molecule has 2 aliphatic carbocycles. The lowest BCUT2D eigenvalue weighted by molar-refractivity contribution is -0.120. The normalized spacial score (nSPS) is 28.6. The van der Waals surface area contributed by atoms with Crippen LogP contribution < -0.4 is 5.32 Å². The van der Waals surface area contributed by atoms with Crippen LogP contribution in [0.25, 0.3) is 0 Å². The van der Waals surface area contributed by atoms with E-state index in [0.717, 1.165) is 17.4 Å². The molecule has 5 nitrogen and oxygen atoms in total. The van der Waals surface area contributed by atoms with Gasteiger partial charge in [-0.1, -0.05) is 38.5 Å². The molecule has 3 atom stereocenters. The molecule has 122 valence electrons. The molecule has 2 fully saturated rings. The Labute approximate surface area is 136 Å². The molecule has 1 N–H and O–H groups in total. The lowest BCUT2D eigenvalue weighted by Crippen LogP contribution is -2.44. The highest BCUT2D eigenvalue weighted by molar-refractivity contribution is 7.99. The van der Waals surface area contributed by atoms with Gasteiger partial charge in [-0.3, -0.25) is 4.79 Å². The molecule has 0 unspecified atom stereocenters. The zero-order chi connectivity index (χ0) is 15.7. The molecule has 0 spiro atoms. The first kappa shape index (κ1) is 15.8. The number of amides is 1. The van der Waals surface area contributed by atoms with Crippen LogP contribution in [0.4, 0.5) is 0 Å². The van der Waals surface area contributed by atoms with Crippen LogP contribution in [-0.4, -0.2) is 32.5 Å². The van der Waals surface area contributed by atoms with Gasteiger partial charge in [0.2, 0.25) is 5.91 Å². The summed E-state index contributed by atoms with van der Waals surface area (Å²) in [5.74, 6) is 3.47. The van der Waals surface area contributed by atoms with Crippen LogP contribution in [0.5, 0.6) is 0 Å². The molecule has 0 radical (unpaired) electrons. The summed E-state index contributed by atoms with van der Waals surface area (Å²) in [4.78, 5) is 12.2. The fourth-order valence-corrected chi connectivity index (χ4v) is 4.04. The van der Waals surface area contributed by atoms with Crippen molar-refractivity contribution in [2.24, 2.45) is 18.9 Å². The number of aromatic nitrogens is 3. The third kappa shape index (κ3) is 3.47. The summed E-state index contributed by atoms with van der Waals surface area (Å²) in [6.07, 6.45) is 6.05. The molecule has 22 heavy (non-hydrogen) atoms. The lowest BCUT2D eigenvalue weighted by atomic mass is 9.78. The fraction of sp³-hybridized carbons (Fsp3) is 0.812. The summed E-state index contributed by atoms with van der Waals surface area (Å²) >= 11 is 1.49. The summed E-state index contributed by atoms with van der Waals surface area (Å²) in [5, 5.41) is 12.5. The van der Waals surface area contributed by atoms with Crippen molar-refractivity contribution in [1.82, 2.24) is 20.1 Å². The maximum Gasteiger partial charge on any atom is 0.230 e. The SMILES string of the molecule is C[C@H]1[C@@H](NC(=O)CSc2nnc(C3CC3)n2C)CCC[C@@H]1C. The maximum absolute atomic E-state index is 12.2. The second-order valence-corrected chi connectivity index (χ2v) is 7.85. The van der Waals surface area contributed by atoms with Crippen LogP contribution >= 0.6 is 11.8 Å². The second-order valence-electron chi connectivity index (χ2n) is 6.90. The molecule has 0 aliphatic heterocycles. The predicted octanol–water partition coefficient (Wildman–Crippen LogP) is 2.73. The van der Waals surface area contributed by atoms with E-state index in [0.29, 0.717) is 29.5 Å². The number of hydrogen-bond acceptors (Lipinski definition) is 4. The Morgan fingerprint density at radius 3 is 2.77 bits per heavy atom. The highest BCUT2D eigenvalue weighted by atomic mass is 32.2. The van der Waals surface area contributed by atoms with Crippen molar-refractivity contribution in [3.63, 3.8) is 0 Å². The van der Waals surface area contributed by atoms with Crippen molar-refractivity contribution in [2.75, 3.05) is 5.75 Å². The quantitative estimate of drug-likeness (QED) is 0.847. The molecule has 6 heteroatoms. The Morgan fingerprint density at radius 1 is 1.27 bits per heavy atom. The molecular formula is C16H26N4OS. The van der Waals surface area contributed by atoms with Crippen LogP contribution in [0.3, 0.4) is 0 Å². The predicted molar refractivity (Wildman–Crippen MR) is 87.8 cm³/mol. The van der Waals surface area contributed by atoms with Crippen molar-refractivity contribution in [3.05, 3.63) is 5.82 Å². The number of rotatable bonds is 5. The van der Waals surface area contributed by atoms with Gasteiger partial charge in [0.25, 0.3) is 0 Å². The molecule has 0 aromatic carbocycles. The largest absolute Gasteiger partial charge is 0.352 e. The minimum absolute atomic E-state index is 0.118. The molecule has 0 saturated heterocycles. The van der Waals surface area contributed by atoms with E-state index < -0.39 is 0 Å². The van der Waals surface area contributed by atoms with E-state index in [1.807, 2.05) is 11.6 Å². The van der Waals surface area contributed by atoms with E-state index in [1.54, 1.807) is 0 Å². The van der Waals surface area contributed by atoms with Gasteiger partial charge in [-0.2, -0.15) is 0 Å². The highest BCUT2D eigenvalue weighted by Crippen LogP contribution is 2.39. The fourth-order valence-electron chi connectivity index (χ4n) is 3.31. The standard InChI is InChI=1S/C16H26N4OS/c1-10-5-4-6-13(11(10)2)17-14(21)9-22-16-19-18-15(20(16)3)12-7-8-12/h10-13H,4-9H2,1-3H3,(H,17,21)/t10-,11+,13-/m0/s1. The molecule has 2 saturated carbocycles. The summed E-state index contributed by atoms with van der Waals surface area (Å²) in [6, 6.07) is 0.332. The minimum atomic E-state index is 0.118. The molecule has 1 amide bonds. The Hall–Kier alpha value is -1.04. The van der Waals surface area contributed by atoms with Gasteiger partial charge in [-0.15, -0.1) is 10.2 Å². The average Bonchev–Trinajstić information content (AvgIpc) is 3.26. The zero-order valence-electron chi connectivity index (χ0n) is 13.7. The van der Waals surface area contributed by atoms with Crippen molar-refractivity contribution in [1.29, 1.82) is 0 Å². The Kier molecular flexibility index (Phi) is 4.76. The lowest BCUT2D eigenvalue weighted by Gasteiger charge is -2.34. The van der Waals surface area contributed by atoms with Gasteiger partial charge in [0, 0.05) is 19.0 Å². The molecular weight excluding hydrogens is 296 g/mol. The van der Waals surface area contributed by atoms with Gasteiger partial charge < -0.3 is 9.88 Å². The van der Waals surface area contributed by atoms with Crippen molar-refractivity contribution in [3.8, 4) is 0 Å². The third-order valence-corrected chi connectivity index (χ3v) is 6.22. The number of thioether (sulfide) groups is 1. The average molecular weight is 322 g/mol. The van der Waals surface area contributed by atoms with Crippen molar-refractivity contribution < 1.29 is 4.79 Å². The van der Waals surface area contributed by atoms with E-state index in [2.05, 4.69) is 29.4 Å². The number of nitrogens with one attached hydrogen (secondary N) is 1. The first-order valence-corrected chi connectivity index (χ1v) is 9.36. The molecule has 3 rings (SSSR count). The molecule has 2 aliphatic rings. The first-order valence-electron chi connectivity index (χ1n) is 8.37. The third-order valence-electron chi connectivity index (χ3n) is 5.20. The first-order chi connectivity index (χ1) is 10.6. The number of carbonyl (C=O) groups excluding carboxylic acids is 1. The molecule has 0 bridgehead atoms. The Morgan fingerprint density at radius 2 is 2.05 bits per heavy atom. The van der Waals surface area contributed by atoms with Gasteiger partial charge in [-0.05, 0) is 31.1 Å². The van der Waals surface area contributed by atoms with Crippen molar-refractivity contribution >= 4 is 17.7 Å². The van der Waals surface area contributed by atoms with Crippen LogP contribution in [-0.2, 0) is 11.8 Å². The smallest absolute Gasteiger partial charge is 0.230 e. The van der Waals surface area contributed by atoms with E-state index in [4.69, 9.17) is 0 Å². The van der Waals surface area contributed by atoms with Crippen LogP contribution in [0.2, 0.25) is 0 Å². The monoisotopic (exact) mass is 322 g/mol. The van der Waals surface area contributed by atoms with Crippen LogP contribution in [0, 0.1) is 11.8 Å². The van der Waals surface area contributed by atoms with Gasteiger partial charge in [0.15, 0.2) is 5.16 Å². The zero-order valence-corrected chi connectivity index (χ0v) is 14.5. The van der Waals surface area contributed by atoms with Gasteiger partial charge in [0.05, 0.1) is 5.75 Å². The van der Waals surface area contributed by atoms with E-state index in [9.17, 15) is 4.79 Å². The summed E-state index contributed by atoms with van der Waals surface area (Å²) in [7, 11) is 2.00. The summed E-state index contributed by atoms with van der Waals surface area (Å²) < 4.78 is 2.04. The Balaban J connectivity index is 1.50. The molecule has 1 aromatic rings. The summed E-state index contributed by atoms with van der Waals surface area (Å²) in [5.41, 5.74) is 0. The highest BCUT2D eigenvalue weighted by Gasteiger charge is 2.30. The second kappa shape index (κ2) is 6.60. The number of nitrogens with zero attached hydrogens (tertiary/aromatic N) is 3. The molecule has 1 aromatic heterocycles. The minimum Gasteiger partial charge on any atom is -0.352 e. The van der Waals surface area contributed by atoms with E-state index in [1.165, 1.54) is 37.4 Å². The maximum atomic E-state index is 12.2. The Bertz CT molecular complexity index is 540. The van der Waals surface area contributed by atoms with Crippen LogP contribution in [0.15, 0.2) is 5.16 Å². The van der Waals surface area contributed by atoms with Crippen molar-refractivity contribution in [2.45, 2.75) is 63.1 Å². The van der Waals surface area contributed by atoms with Gasteiger partial charge >= 0.3 is 0 Å². The molecule has 1 heterocycles. The summed E-state index contributed by atoms with van der Waals surface area (Å²) in [6.45, 7) is 4.54.